The average molecular weight is 501 g/mol. The molecule has 1 amide bonds. The van der Waals surface area contributed by atoms with Gasteiger partial charge < -0.3 is 29.4 Å². The Bertz CT molecular complexity index is 1190. The quantitative estimate of drug-likeness (QED) is 0.506. The van der Waals surface area contributed by atoms with Crippen molar-refractivity contribution in [3.8, 4) is 17.3 Å². The molecular formula is C24H29ClN6O4. The van der Waals surface area contributed by atoms with E-state index in [1.54, 1.807) is 30.0 Å². The minimum Gasteiger partial charge on any atom is -0.461 e. The molecule has 1 unspecified atom stereocenters. The summed E-state index contributed by atoms with van der Waals surface area (Å²) in [6, 6.07) is 10.2. The number of nitrogens with one attached hydrogen (secondary N) is 1. The minimum absolute atomic E-state index is 0.0201. The number of aliphatic hydroxyl groups excluding tert-OH is 1. The lowest BCUT2D eigenvalue weighted by atomic mass is 9.98. The van der Waals surface area contributed by atoms with Crippen LogP contribution in [0.3, 0.4) is 0 Å². The van der Waals surface area contributed by atoms with Crippen molar-refractivity contribution in [2.24, 2.45) is 5.92 Å². The van der Waals surface area contributed by atoms with Gasteiger partial charge in [0.2, 0.25) is 5.91 Å². The number of fused-ring (bicyclic) bond motifs is 1. The number of hydrogen-bond donors (Lipinski definition) is 2. The van der Waals surface area contributed by atoms with Crippen molar-refractivity contribution >= 4 is 34.4 Å². The van der Waals surface area contributed by atoms with Gasteiger partial charge in [0, 0.05) is 51.5 Å². The highest BCUT2D eigenvalue weighted by atomic mass is 35.5. The van der Waals surface area contributed by atoms with Gasteiger partial charge in [0.15, 0.2) is 5.65 Å². The maximum Gasteiger partial charge on any atom is 0.296 e. The summed E-state index contributed by atoms with van der Waals surface area (Å²) in [6.07, 6.45) is -0.827. The third kappa shape index (κ3) is 5.06. The number of benzene rings is 1. The summed E-state index contributed by atoms with van der Waals surface area (Å²) < 4.78 is 11.1. The SMILES string of the molecule is CN(C)C(=O)C1CN(C(O)COc2nc3nc(-c4ccc(N5CCOCC5)cc4)c(Cl)cc3[nH]2)C1. The Kier molecular flexibility index (Phi) is 6.79. The predicted molar refractivity (Wildman–Crippen MR) is 133 cm³/mol. The van der Waals surface area contributed by atoms with Crippen molar-refractivity contribution in [3.05, 3.63) is 35.4 Å². The molecule has 2 aliphatic rings. The van der Waals surface area contributed by atoms with E-state index in [1.807, 2.05) is 12.1 Å². The molecule has 2 N–H and O–H groups in total. The van der Waals surface area contributed by atoms with Gasteiger partial charge in [0.05, 0.1) is 35.4 Å². The molecule has 186 valence electrons. The van der Waals surface area contributed by atoms with Crippen LogP contribution < -0.4 is 9.64 Å². The number of ether oxygens (including phenoxy) is 2. The van der Waals surface area contributed by atoms with E-state index >= 15 is 0 Å². The second-order valence-corrected chi connectivity index (χ2v) is 9.46. The fourth-order valence-electron chi connectivity index (χ4n) is 4.35. The molecule has 2 aromatic heterocycles. The van der Waals surface area contributed by atoms with Crippen molar-refractivity contribution in [2.45, 2.75) is 6.23 Å². The third-order valence-corrected chi connectivity index (χ3v) is 6.70. The van der Waals surface area contributed by atoms with Crippen LogP contribution in [0.15, 0.2) is 30.3 Å². The number of likely N-dealkylation sites (tertiary alicyclic amines) is 1. The van der Waals surface area contributed by atoms with Crippen molar-refractivity contribution in [1.29, 1.82) is 0 Å². The second-order valence-electron chi connectivity index (χ2n) is 9.05. The van der Waals surface area contributed by atoms with Crippen molar-refractivity contribution in [3.63, 3.8) is 0 Å². The van der Waals surface area contributed by atoms with E-state index in [-0.39, 0.29) is 24.4 Å². The molecule has 1 atom stereocenters. The van der Waals surface area contributed by atoms with Gasteiger partial charge in [-0.15, -0.1) is 0 Å². The molecule has 11 heteroatoms. The first-order valence-corrected chi connectivity index (χ1v) is 12.0. The summed E-state index contributed by atoms with van der Waals surface area (Å²) in [5, 5.41) is 10.9. The third-order valence-electron chi connectivity index (χ3n) is 6.41. The fraction of sp³-hybridized carbons (Fsp3) is 0.458. The Labute approximate surface area is 208 Å². The predicted octanol–water partition coefficient (Wildman–Crippen LogP) is 1.83. The number of aliphatic hydroxyl groups is 1. The molecule has 0 saturated carbocycles. The highest BCUT2D eigenvalue weighted by molar-refractivity contribution is 6.33. The van der Waals surface area contributed by atoms with Gasteiger partial charge in [0.25, 0.3) is 6.01 Å². The number of aromatic amines is 1. The lowest BCUT2D eigenvalue weighted by Crippen LogP contribution is -2.58. The van der Waals surface area contributed by atoms with Crippen LogP contribution in [0.1, 0.15) is 0 Å². The van der Waals surface area contributed by atoms with Crippen molar-refractivity contribution in [1.82, 2.24) is 24.8 Å². The normalized spacial score (nSPS) is 17.9. The smallest absolute Gasteiger partial charge is 0.296 e. The van der Waals surface area contributed by atoms with Gasteiger partial charge in [-0.2, -0.15) is 4.98 Å². The number of carbonyl (C=O) groups is 1. The Hall–Kier alpha value is -2.92. The summed E-state index contributed by atoms with van der Waals surface area (Å²) in [4.78, 5) is 29.7. The highest BCUT2D eigenvalue weighted by Crippen LogP contribution is 2.31. The van der Waals surface area contributed by atoms with Crippen LogP contribution >= 0.6 is 11.6 Å². The topological polar surface area (TPSA) is 107 Å². The lowest BCUT2D eigenvalue weighted by Gasteiger charge is -2.41. The molecule has 4 heterocycles. The van der Waals surface area contributed by atoms with Crippen molar-refractivity contribution in [2.75, 3.05) is 65.0 Å². The standard InChI is InChI=1S/C24H29ClN6O4/c1-29(2)23(33)16-12-31(13-16)20(32)14-35-24-26-19-11-18(25)21(27-22(19)28-24)15-3-5-17(6-4-15)30-7-9-34-10-8-30/h3-6,11,16,20,32H,7-10,12-14H2,1-2H3,(H,26,27,28). The van der Waals surface area contributed by atoms with Crippen LogP contribution in [0.4, 0.5) is 5.69 Å². The van der Waals surface area contributed by atoms with Crippen LogP contribution in [0.2, 0.25) is 5.02 Å². The average Bonchev–Trinajstić information content (AvgIpc) is 3.23. The zero-order valence-electron chi connectivity index (χ0n) is 19.8. The number of hydrogen-bond acceptors (Lipinski definition) is 8. The van der Waals surface area contributed by atoms with Gasteiger partial charge in [-0.25, -0.2) is 4.98 Å². The molecule has 3 aromatic rings. The molecule has 10 nitrogen and oxygen atoms in total. The molecule has 1 aromatic carbocycles. The van der Waals surface area contributed by atoms with Gasteiger partial charge in [-0.1, -0.05) is 23.7 Å². The lowest BCUT2D eigenvalue weighted by molar-refractivity contribution is -0.146. The Morgan fingerprint density at radius 1 is 1.26 bits per heavy atom. The van der Waals surface area contributed by atoms with Crippen molar-refractivity contribution < 1.29 is 19.4 Å². The number of anilines is 1. The highest BCUT2D eigenvalue weighted by Gasteiger charge is 2.37. The minimum atomic E-state index is -0.827. The van der Waals surface area contributed by atoms with Gasteiger partial charge in [-0.3, -0.25) is 9.69 Å². The Morgan fingerprint density at radius 2 is 1.97 bits per heavy atom. The first kappa shape index (κ1) is 23.8. The van der Waals surface area contributed by atoms with E-state index in [9.17, 15) is 9.90 Å². The maximum absolute atomic E-state index is 12.0. The van der Waals surface area contributed by atoms with E-state index < -0.39 is 6.23 Å². The van der Waals surface area contributed by atoms with E-state index in [0.717, 1.165) is 37.6 Å². The molecule has 35 heavy (non-hydrogen) atoms. The summed E-state index contributed by atoms with van der Waals surface area (Å²) >= 11 is 6.54. The van der Waals surface area contributed by atoms with Crippen LogP contribution in [0.5, 0.6) is 6.01 Å². The van der Waals surface area contributed by atoms with Gasteiger partial charge in [0.1, 0.15) is 12.8 Å². The molecule has 2 aliphatic heterocycles. The van der Waals surface area contributed by atoms with Crippen LogP contribution in [0, 0.1) is 5.92 Å². The van der Waals surface area contributed by atoms with E-state index in [0.29, 0.717) is 35.0 Å². The first-order chi connectivity index (χ1) is 16.9. The van der Waals surface area contributed by atoms with Crippen LogP contribution in [0.25, 0.3) is 22.4 Å². The summed E-state index contributed by atoms with van der Waals surface area (Å²) in [5.41, 5.74) is 3.81. The number of halogens is 1. The van der Waals surface area contributed by atoms with E-state index in [2.05, 4.69) is 32.0 Å². The number of H-pyrrole nitrogens is 1. The van der Waals surface area contributed by atoms with E-state index in [4.69, 9.17) is 21.1 Å². The summed E-state index contributed by atoms with van der Waals surface area (Å²) in [6.45, 7) is 4.26. The Balaban J connectivity index is 1.23. The zero-order valence-corrected chi connectivity index (χ0v) is 20.5. The maximum atomic E-state index is 12.0. The number of nitrogens with zero attached hydrogens (tertiary/aromatic N) is 5. The van der Waals surface area contributed by atoms with E-state index in [1.165, 1.54) is 0 Å². The molecule has 0 bridgehead atoms. The molecule has 0 spiro atoms. The summed E-state index contributed by atoms with van der Waals surface area (Å²) in [5.74, 6) is -0.0142. The Morgan fingerprint density at radius 3 is 2.66 bits per heavy atom. The number of amides is 1. The number of imidazole rings is 1. The number of pyridine rings is 1. The first-order valence-electron chi connectivity index (χ1n) is 11.6. The fourth-order valence-corrected chi connectivity index (χ4v) is 4.61. The molecule has 2 fully saturated rings. The monoisotopic (exact) mass is 500 g/mol. The molecule has 0 radical (unpaired) electrons. The number of aromatic nitrogens is 3. The van der Waals surface area contributed by atoms with Crippen LogP contribution in [-0.2, 0) is 9.53 Å². The largest absolute Gasteiger partial charge is 0.461 e. The van der Waals surface area contributed by atoms with Gasteiger partial charge >= 0.3 is 0 Å². The molecular weight excluding hydrogens is 472 g/mol. The second kappa shape index (κ2) is 9.98. The zero-order chi connectivity index (χ0) is 24.5. The van der Waals surface area contributed by atoms with Crippen LogP contribution in [-0.4, -0.2) is 102 Å². The number of rotatable bonds is 7. The number of carbonyl (C=O) groups excluding carboxylic acids is 1. The van der Waals surface area contributed by atoms with Gasteiger partial charge in [-0.05, 0) is 18.2 Å². The number of morpholine rings is 1. The molecule has 5 rings (SSSR count). The summed E-state index contributed by atoms with van der Waals surface area (Å²) in [7, 11) is 3.47. The molecule has 2 saturated heterocycles. The molecule has 0 aliphatic carbocycles.